The third-order valence-corrected chi connectivity index (χ3v) is 14.8. The summed E-state index contributed by atoms with van der Waals surface area (Å²) in [6.45, 7) is 0. The first-order valence-electron chi connectivity index (χ1n) is 25.3. The standard InChI is InChI=1S/C69H43N5O/c1-5-17-46(18-6-1)67-70-68(47-19-7-2-8-20-47)72-69(71-67)57-29-16-28-56-55-27-15-26-53(65(55)75-66(56)57)45-33-31-44(32-34-45)48-35-38-63-59(41-48)60-43-50(37-40-64(60)74(63)52-23-11-4-12-24-52)49-36-39-62-58(42-49)54-25-13-14-30-61(54)73(62)51-21-9-3-10-22-51/h1-43H. The molecule has 4 aromatic heterocycles. The normalized spacial score (nSPS) is 11.7. The van der Waals surface area contributed by atoms with Gasteiger partial charge in [-0.3, -0.25) is 0 Å². The number of rotatable bonds is 8. The Bertz CT molecular complexity index is 4620. The van der Waals surface area contributed by atoms with Crippen molar-refractivity contribution in [3.63, 3.8) is 0 Å². The van der Waals surface area contributed by atoms with E-state index >= 15 is 0 Å². The molecule has 6 nitrogen and oxygen atoms in total. The van der Waals surface area contributed by atoms with Crippen LogP contribution in [-0.2, 0) is 0 Å². The lowest BCUT2D eigenvalue weighted by molar-refractivity contribution is 0.670. The number of benzene rings is 11. The zero-order valence-electron chi connectivity index (χ0n) is 40.5. The number of furan rings is 1. The van der Waals surface area contributed by atoms with E-state index in [9.17, 15) is 0 Å². The van der Waals surface area contributed by atoms with Crippen LogP contribution in [0.15, 0.2) is 265 Å². The fourth-order valence-corrected chi connectivity index (χ4v) is 11.2. The monoisotopic (exact) mass is 957 g/mol. The molecular weight excluding hydrogens is 915 g/mol. The second-order valence-electron chi connectivity index (χ2n) is 19.1. The second kappa shape index (κ2) is 17.3. The maximum atomic E-state index is 6.95. The molecule has 0 aliphatic heterocycles. The van der Waals surface area contributed by atoms with Crippen LogP contribution in [0.3, 0.4) is 0 Å². The molecule has 0 atom stereocenters. The van der Waals surface area contributed by atoms with E-state index in [1.165, 1.54) is 49.2 Å². The molecule has 0 fully saturated rings. The highest BCUT2D eigenvalue weighted by atomic mass is 16.3. The third kappa shape index (κ3) is 7.07. The van der Waals surface area contributed by atoms with Crippen molar-refractivity contribution in [2.45, 2.75) is 0 Å². The lowest BCUT2D eigenvalue weighted by Gasteiger charge is -2.09. The minimum Gasteiger partial charge on any atom is -0.455 e. The van der Waals surface area contributed by atoms with Gasteiger partial charge >= 0.3 is 0 Å². The predicted octanol–water partition coefficient (Wildman–Crippen LogP) is 18.0. The summed E-state index contributed by atoms with van der Waals surface area (Å²) in [7, 11) is 0. The van der Waals surface area contributed by atoms with E-state index in [1.54, 1.807) is 0 Å². The number of nitrogens with zero attached hydrogens (tertiary/aromatic N) is 5. The highest BCUT2D eigenvalue weighted by molar-refractivity contribution is 6.15. The molecular formula is C69H43N5O. The van der Waals surface area contributed by atoms with Gasteiger partial charge in [0, 0.05) is 60.4 Å². The molecule has 0 unspecified atom stereocenters. The summed E-state index contributed by atoms with van der Waals surface area (Å²) in [5, 5.41) is 6.93. The molecule has 0 bridgehead atoms. The van der Waals surface area contributed by atoms with Gasteiger partial charge in [-0.2, -0.15) is 0 Å². The quantitative estimate of drug-likeness (QED) is 0.152. The van der Waals surface area contributed by atoms with Gasteiger partial charge in [-0.25, -0.2) is 15.0 Å². The van der Waals surface area contributed by atoms with Gasteiger partial charge in [-0.05, 0) is 101 Å². The molecule has 0 aliphatic rings. The second-order valence-corrected chi connectivity index (χ2v) is 19.1. The lowest BCUT2D eigenvalue weighted by Crippen LogP contribution is -2.00. The summed E-state index contributed by atoms with van der Waals surface area (Å²) in [6, 6.07) is 92.4. The molecule has 6 heteroatoms. The maximum absolute atomic E-state index is 6.95. The summed E-state index contributed by atoms with van der Waals surface area (Å²) < 4.78 is 11.7. The molecule has 0 radical (unpaired) electrons. The highest BCUT2D eigenvalue weighted by Crippen LogP contribution is 2.42. The average Bonchev–Trinajstić information content (AvgIpc) is 4.16. The Balaban J connectivity index is 0.820. The number of hydrogen-bond acceptors (Lipinski definition) is 4. The van der Waals surface area contributed by atoms with Crippen LogP contribution in [0.5, 0.6) is 0 Å². The summed E-state index contributed by atoms with van der Waals surface area (Å²) in [5.74, 6) is 1.78. The van der Waals surface area contributed by atoms with Crippen LogP contribution in [0, 0.1) is 0 Å². The first kappa shape index (κ1) is 42.5. The number of aromatic nitrogens is 5. The molecule has 75 heavy (non-hydrogen) atoms. The summed E-state index contributed by atoms with van der Waals surface area (Å²) in [5.41, 5.74) is 17.9. The third-order valence-electron chi connectivity index (χ3n) is 14.8. The van der Waals surface area contributed by atoms with Crippen LogP contribution in [0.1, 0.15) is 0 Å². The Morgan fingerprint density at radius 1 is 0.240 bits per heavy atom. The van der Waals surface area contributed by atoms with Crippen molar-refractivity contribution in [2.75, 3.05) is 0 Å². The fourth-order valence-electron chi connectivity index (χ4n) is 11.2. The van der Waals surface area contributed by atoms with Gasteiger partial charge in [0.25, 0.3) is 0 Å². The first-order valence-corrected chi connectivity index (χ1v) is 25.3. The lowest BCUT2D eigenvalue weighted by atomic mass is 9.97. The highest BCUT2D eigenvalue weighted by Gasteiger charge is 2.21. The van der Waals surface area contributed by atoms with Gasteiger partial charge in [-0.15, -0.1) is 0 Å². The zero-order chi connectivity index (χ0) is 49.4. The Hall–Kier alpha value is -10.2. The Morgan fingerprint density at radius 2 is 0.613 bits per heavy atom. The van der Waals surface area contributed by atoms with Crippen LogP contribution in [0.4, 0.5) is 0 Å². The minimum absolute atomic E-state index is 0.559. The number of fused-ring (bicyclic) bond motifs is 9. The Morgan fingerprint density at radius 3 is 1.15 bits per heavy atom. The summed E-state index contributed by atoms with van der Waals surface area (Å²) in [4.78, 5) is 15.0. The van der Waals surface area contributed by atoms with E-state index in [0.29, 0.717) is 17.5 Å². The van der Waals surface area contributed by atoms with E-state index in [1.807, 2.05) is 66.7 Å². The van der Waals surface area contributed by atoms with Crippen molar-refractivity contribution in [2.24, 2.45) is 0 Å². The average molecular weight is 958 g/mol. The minimum atomic E-state index is 0.559. The van der Waals surface area contributed by atoms with Crippen molar-refractivity contribution < 1.29 is 4.42 Å². The molecule has 15 aromatic rings. The summed E-state index contributed by atoms with van der Waals surface area (Å²) in [6.07, 6.45) is 0. The van der Waals surface area contributed by atoms with Gasteiger partial charge in [-0.1, -0.05) is 188 Å². The molecule has 11 aromatic carbocycles. The van der Waals surface area contributed by atoms with E-state index in [2.05, 4.69) is 203 Å². The van der Waals surface area contributed by atoms with Crippen molar-refractivity contribution in [3.05, 3.63) is 261 Å². The van der Waals surface area contributed by atoms with Crippen molar-refractivity contribution in [1.29, 1.82) is 0 Å². The van der Waals surface area contributed by atoms with Crippen molar-refractivity contribution >= 4 is 65.6 Å². The molecule has 0 amide bonds. The topological polar surface area (TPSA) is 61.7 Å². The molecule has 0 saturated heterocycles. The molecule has 0 saturated carbocycles. The molecule has 0 spiro atoms. The Kier molecular flexibility index (Phi) is 9.78. The van der Waals surface area contributed by atoms with Gasteiger partial charge in [0.2, 0.25) is 0 Å². The van der Waals surface area contributed by atoms with Crippen LogP contribution in [-0.4, -0.2) is 24.1 Å². The van der Waals surface area contributed by atoms with Crippen LogP contribution < -0.4 is 0 Å². The molecule has 4 heterocycles. The first-order chi connectivity index (χ1) is 37.2. The largest absolute Gasteiger partial charge is 0.455 e. The van der Waals surface area contributed by atoms with Gasteiger partial charge < -0.3 is 13.6 Å². The van der Waals surface area contributed by atoms with E-state index in [-0.39, 0.29) is 0 Å². The van der Waals surface area contributed by atoms with E-state index in [0.717, 1.165) is 77.8 Å². The number of hydrogen-bond donors (Lipinski definition) is 0. The van der Waals surface area contributed by atoms with Crippen molar-refractivity contribution in [3.8, 4) is 78.9 Å². The van der Waals surface area contributed by atoms with Gasteiger partial charge in [0.15, 0.2) is 17.5 Å². The maximum Gasteiger partial charge on any atom is 0.167 e. The van der Waals surface area contributed by atoms with Crippen LogP contribution in [0.25, 0.3) is 144 Å². The van der Waals surface area contributed by atoms with Gasteiger partial charge in [0.1, 0.15) is 11.2 Å². The fraction of sp³-hybridized carbons (Fsp3) is 0. The van der Waals surface area contributed by atoms with E-state index in [4.69, 9.17) is 19.4 Å². The molecule has 0 aliphatic carbocycles. The van der Waals surface area contributed by atoms with Crippen LogP contribution in [0.2, 0.25) is 0 Å². The molecule has 15 rings (SSSR count). The summed E-state index contributed by atoms with van der Waals surface area (Å²) >= 11 is 0. The van der Waals surface area contributed by atoms with Crippen LogP contribution >= 0.6 is 0 Å². The predicted molar refractivity (Wildman–Crippen MR) is 308 cm³/mol. The van der Waals surface area contributed by atoms with Gasteiger partial charge in [0.05, 0.1) is 27.6 Å². The zero-order valence-corrected chi connectivity index (χ0v) is 40.5. The smallest absolute Gasteiger partial charge is 0.167 e. The Labute approximate surface area is 431 Å². The van der Waals surface area contributed by atoms with Crippen molar-refractivity contribution in [1.82, 2.24) is 24.1 Å². The SMILES string of the molecule is c1ccc(-c2nc(-c3ccccc3)nc(-c3cccc4c3oc3c(-c5ccc(-c6ccc7c(c6)c6cc(-c8ccc9c(c8)c8ccccc8n9-c8ccccc8)ccc6n7-c6ccccc6)cc5)cccc34)n2)cc1. The van der Waals surface area contributed by atoms with E-state index < -0.39 is 0 Å². The molecule has 350 valence electrons. The molecule has 0 N–H and O–H groups in total. The number of para-hydroxylation sites is 5.